The number of nitrogens with one attached hydrogen (secondary N) is 1. The second-order valence-corrected chi connectivity index (χ2v) is 9.51. The molecule has 1 N–H and O–H groups in total. The van der Waals surface area contributed by atoms with Gasteiger partial charge in [-0.1, -0.05) is 42.5 Å². The molecule has 1 aliphatic heterocycles. The molecule has 1 saturated heterocycles. The third-order valence-corrected chi connectivity index (χ3v) is 7.52. The van der Waals surface area contributed by atoms with E-state index in [9.17, 15) is 10.1 Å². The molecule has 34 heavy (non-hydrogen) atoms. The van der Waals surface area contributed by atoms with Crippen molar-refractivity contribution < 1.29 is 4.79 Å². The molecule has 0 unspecified atom stereocenters. The Hall–Kier alpha value is -3.76. The Morgan fingerprint density at radius 3 is 2.26 bits per heavy atom. The minimum Gasteiger partial charge on any atom is -0.330 e. The molecule has 1 saturated carbocycles. The molecular weight excluding hydrogens is 424 g/mol. The highest BCUT2D eigenvalue weighted by Gasteiger charge is 2.50. The fourth-order valence-electron chi connectivity index (χ4n) is 5.46. The Balaban J connectivity index is 1.34. The molecule has 0 radical (unpaired) electrons. The molecule has 1 aromatic heterocycles. The largest absolute Gasteiger partial charge is 0.330 e. The van der Waals surface area contributed by atoms with Gasteiger partial charge in [-0.2, -0.15) is 5.26 Å². The summed E-state index contributed by atoms with van der Waals surface area (Å²) in [6.07, 6.45) is 7.09. The highest BCUT2D eigenvalue weighted by molar-refractivity contribution is 5.95. The van der Waals surface area contributed by atoms with E-state index in [2.05, 4.69) is 70.7 Å². The number of anilines is 1. The smallest absolute Gasteiger partial charge is 0.322 e. The van der Waals surface area contributed by atoms with Gasteiger partial charge in [0.2, 0.25) is 0 Å². The number of nitrogens with zero attached hydrogens (tertiary/aromatic N) is 5. The van der Waals surface area contributed by atoms with Gasteiger partial charge in [0.25, 0.3) is 0 Å². The molecule has 1 aliphatic carbocycles. The first kappa shape index (κ1) is 22.1. The second kappa shape index (κ2) is 8.54. The predicted octanol–water partition coefficient (Wildman–Crippen LogP) is 4.31. The van der Waals surface area contributed by atoms with Crippen molar-refractivity contribution >= 4 is 11.7 Å². The van der Waals surface area contributed by atoms with E-state index < -0.39 is 0 Å². The van der Waals surface area contributed by atoms with E-state index >= 15 is 0 Å². The van der Waals surface area contributed by atoms with Crippen LogP contribution in [0.4, 0.5) is 10.5 Å². The maximum absolute atomic E-state index is 13.0. The van der Waals surface area contributed by atoms with Crippen LogP contribution < -0.4 is 10.2 Å². The lowest BCUT2D eigenvalue weighted by Crippen LogP contribution is -2.54. The summed E-state index contributed by atoms with van der Waals surface area (Å²) in [5.74, 6) is 0.478. The molecule has 2 amide bonds. The molecule has 7 nitrogen and oxygen atoms in total. The zero-order chi connectivity index (χ0) is 23.8. The van der Waals surface area contributed by atoms with E-state index in [1.54, 1.807) is 23.4 Å². The average molecular weight is 453 g/mol. The summed E-state index contributed by atoms with van der Waals surface area (Å²) in [6.45, 7) is 0.599. The van der Waals surface area contributed by atoms with Gasteiger partial charge in [0.1, 0.15) is 0 Å². The average Bonchev–Trinajstić information content (AvgIpc) is 3.20. The number of hydrogen-bond acceptors (Lipinski definition) is 5. The molecule has 7 heteroatoms. The van der Waals surface area contributed by atoms with Crippen LogP contribution in [0.3, 0.4) is 0 Å². The van der Waals surface area contributed by atoms with Gasteiger partial charge in [-0.15, -0.1) is 0 Å². The number of nitriles is 1. The maximum Gasteiger partial charge on any atom is 0.322 e. The molecule has 3 aromatic rings. The molecule has 172 valence electrons. The molecule has 1 spiro atoms. The van der Waals surface area contributed by atoms with Gasteiger partial charge in [-0.05, 0) is 57.5 Å². The van der Waals surface area contributed by atoms with Crippen molar-refractivity contribution in [1.82, 2.24) is 20.2 Å². The fourth-order valence-corrected chi connectivity index (χ4v) is 5.46. The number of carbonyl (C=O) groups is 1. The van der Waals surface area contributed by atoms with Crippen molar-refractivity contribution in [2.45, 2.75) is 36.8 Å². The summed E-state index contributed by atoms with van der Waals surface area (Å²) in [5.41, 5.74) is 2.93. The van der Waals surface area contributed by atoms with Crippen LogP contribution in [0.25, 0.3) is 11.4 Å². The van der Waals surface area contributed by atoms with Gasteiger partial charge in [-0.25, -0.2) is 14.8 Å². The Kier molecular flexibility index (Phi) is 5.54. The molecule has 2 fully saturated rings. The van der Waals surface area contributed by atoms with Gasteiger partial charge in [0, 0.05) is 11.1 Å². The van der Waals surface area contributed by atoms with Crippen LogP contribution in [0.5, 0.6) is 0 Å². The number of urea groups is 1. The van der Waals surface area contributed by atoms with Crippen molar-refractivity contribution in [3.8, 4) is 17.5 Å². The summed E-state index contributed by atoms with van der Waals surface area (Å²) in [7, 11) is 4.29. The van der Waals surface area contributed by atoms with Gasteiger partial charge in [-0.3, -0.25) is 9.80 Å². The molecule has 0 atom stereocenters. The van der Waals surface area contributed by atoms with Crippen molar-refractivity contribution in [1.29, 1.82) is 5.26 Å². The van der Waals surface area contributed by atoms with Crippen molar-refractivity contribution in [2.75, 3.05) is 25.5 Å². The van der Waals surface area contributed by atoms with Gasteiger partial charge in [0.15, 0.2) is 5.82 Å². The minimum atomic E-state index is -0.253. The SMILES string of the molecule is CN(C)C1(c2ccccc2)CCC2(CC1)CN(c1cnc(-c3ccccc3C#N)nc1)C(=O)N2. The van der Waals surface area contributed by atoms with E-state index in [1.807, 2.05) is 18.2 Å². The van der Waals surface area contributed by atoms with Gasteiger partial charge < -0.3 is 5.32 Å². The van der Waals surface area contributed by atoms with Crippen LogP contribution >= 0.6 is 0 Å². The molecular formula is C27H28N6O. The monoisotopic (exact) mass is 452 g/mol. The topological polar surface area (TPSA) is 85.2 Å². The third kappa shape index (κ3) is 3.70. The number of aromatic nitrogens is 2. The summed E-state index contributed by atoms with van der Waals surface area (Å²) in [5, 5.41) is 12.6. The molecule has 0 bridgehead atoms. The van der Waals surface area contributed by atoms with Gasteiger partial charge >= 0.3 is 6.03 Å². The summed E-state index contributed by atoms with van der Waals surface area (Å²) >= 11 is 0. The van der Waals surface area contributed by atoms with Crippen LogP contribution in [0.2, 0.25) is 0 Å². The summed E-state index contributed by atoms with van der Waals surface area (Å²) in [6, 6.07) is 20.0. The first-order chi connectivity index (χ1) is 16.5. The lowest BCUT2D eigenvalue weighted by molar-refractivity contribution is 0.0658. The van der Waals surface area contributed by atoms with Gasteiger partial charge in [0.05, 0.1) is 41.8 Å². The molecule has 2 heterocycles. The second-order valence-electron chi connectivity index (χ2n) is 9.51. The van der Waals surface area contributed by atoms with Crippen molar-refractivity contribution in [2.24, 2.45) is 0 Å². The van der Waals surface area contributed by atoms with Crippen LogP contribution in [0.15, 0.2) is 67.0 Å². The first-order valence-corrected chi connectivity index (χ1v) is 11.6. The Labute approximate surface area is 200 Å². The standard InChI is InChI=1S/C27H28N6O/c1-32(2)27(21-9-4-3-5-10-21)14-12-26(13-15-27)19-33(25(34)31-26)22-17-29-24(30-18-22)23-11-7-6-8-20(23)16-28/h3-11,17-18H,12-15,19H2,1-2H3,(H,31,34). The zero-order valence-corrected chi connectivity index (χ0v) is 19.5. The maximum atomic E-state index is 13.0. The first-order valence-electron chi connectivity index (χ1n) is 11.6. The van der Waals surface area contributed by atoms with E-state index in [-0.39, 0.29) is 17.1 Å². The number of rotatable bonds is 4. The molecule has 2 aliphatic rings. The van der Waals surface area contributed by atoms with E-state index in [4.69, 9.17) is 0 Å². The van der Waals surface area contributed by atoms with E-state index in [0.29, 0.717) is 29.2 Å². The highest BCUT2D eigenvalue weighted by Crippen LogP contribution is 2.46. The predicted molar refractivity (Wildman–Crippen MR) is 131 cm³/mol. The normalized spacial score (nSPS) is 24.3. The van der Waals surface area contributed by atoms with Crippen LogP contribution in [0.1, 0.15) is 36.8 Å². The highest BCUT2D eigenvalue weighted by atomic mass is 16.2. The summed E-state index contributed by atoms with van der Waals surface area (Å²) in [4.78, 5) is 26.0. The van der Waals surface area contributed by atoms with E-state index in [0.717, 1.165) is 25.7 Å². The van der Waals surface area contributed by atoms with Crippen LogP contribution in [-0.4, -0.2) is 47.1 Å². The summed E-state index contributed by atoms with van der Waals surface area (Å²) < 4.78 is 0. The Morgan fingerprint density at radius 2 is 1.62 bits per heavy atom. The van der Waals surface area contributed by atoms with E-state index in [1.165, 1.54) is 5.56 Å². The van der Waals surface area contributed by atoms with Crippen LogP contribution in [-0.2, 0) is 5.54 Å². The minimum absolute atomic E-state index is 0.0243. The van der Waals surface area contributed by atoms with Crippen LogP contribution in [0, 0.1) is 11.3 Å². The zero-order valence-electron chi connectivity index (χ0n) is 19.5. The lowest BCUT2D eigenvalue weighted by atomic mass is 9.69. The van der Waals surface area contributed by atoms with Crippen molar-refractivity contribution in [3.05, 3.63) is 78.1 Å². The Morgan fingerprint density at radius 1 is 0.971 bits per heavy atom. The number of hydrogen-bond donors (Lipinski definition) is 1. The fraction of sp³-hybridized carbons (Fsp3) is 0.333. The number of carbonyl (C=O) groups excluding carboxylic acids is 1. The molecule has 5 rings (SSSR count). The Bertz CT molecular complexity index is 1220. The molecule has 2 aromatic carbocycles. The number of benzene rings is 2. The van der Waals surface area contributed by atoms with Crippen molar-refractivity contribution in [3.63, 3.8) is 0 Å². The lowest BCUT2D eigenvalue weighted by Gasteiger charge is -2.48. The quantitative estimate of drug-likeness (QED) is 0.637. The number of amides is 2. The third-order valence-electron chi connectivity index (χ3n) is 7.52.